The van der Waals surface area contributed by atoms with Gasteiger partial charge in [-0.25, -0.2) is 9.59 Å². The van der Waals surface area contributed by atoms with Crippen LogP contribution in [0.3, 0.4) is 0 Å². The second kappa shape index (κ2) is 14.9. The number of amides is 1. The molecule has 0 radical (unpaired) electrons. The molecule has 0 spiro atoms. The summed E-state index contributed by atoms with van der Waals surface area (Å²) in [6, 6.07) is 12.3. The van der Waals surface area contributed by atoms with E-state index in [0.29, 0.717) is 16.4 Å². The van der Waals surface area contributed by atoms with Gasteiger partial charge < -0.3 is 35.5 Å². The number of alkyl halides is 3. The molecule has 246 valence electrons. The molecule has 1 saturated carbocycles. The van der Waals surface area contributed by atoms with Crippen LogP contribution in [0.25, 0.3) is 0 Å². The van der Waals surface area contributed by atoms with Gasteiger partial charge >= 0.3 is 30.0 Å². The number of ether oxygens (including phenoxy) is 3. The van der Waals surface area contributed by atoms with Crippen molar-refractivity contribution in [1.29, 1.82) is 0 Å². The molecule has 1 heterocycles. The lowest BCUT2D eigenvalue weighted by atomic mass is 10.1. The van der Waals surface area contributed by atoms with Crippen molar-refractivity contribution in [1.82, 2.24) is 20.3 Å². The molecule has 1 fully saturated rings. The Morgan fingerprint density at radius 1 is 0.978 bits per heavy atom. The van der Waals surface area contributed by atoms with Crippen LogP contribution in [0.15, 0.2) is 48.5 Å². The first-order chi connectivity index (χ1) is 21.9. The fourth-order valence-corrected chi connectivity index (χ4v) is 4.37. The number of nitrogens with zero attached hydrogens (tertiary/aromatic N) is 3. The van der Waals surface area contributed by atoms with Crippen molar-refractivity contribution in [2.24, 2.45) is 0 Å². The van der Waals surface area contributed by atoms with E-state index in [1.54, 1.807) is 43.3 Å². The molecule has 4 N–H and O–H groups in total. The molecule has 0 saturated heterocycles. The maximum atomic E-state index is 12.9. The average molecular weight is 666 g/mol. The highest BCUT2D eigenvalue weighted by Crippen LogP contribution is 2.48. The first-order valence-corrected chi connectivity index (χ1v) is 14.4. The van der Waals surface area contributed by atoms with Gasteiger partial charge in [0.1, 0.15) is 6.04 Å². The molecule has 46 heavy (non-hydrogen) atoms. The minimum Gasteiger partial charge on any atom is -0.467 e. The van der Waals surface area contributed by atoms with E-state index in [4.69, 9.17) is 21.1 Å². The van der Waals surface area contributed by atoms with E-state index < -0.39 is 48.2 Å². The molecule has 2 aromatic carbocycles. The summed E-state index contributed by atoms with van der Waals surface area (Å²) in [4.78, 5) is 47.9. The number of aromatic nitrogens is 3. The molecular weight excluding hydrogens is 635 g/mol. The Labute approximate surface area is 266 Å². The van der Waals surface area contributed by atoms with Crippen LogP contribution < -0.4 is 26.0 Å². The molecule has 1 aliphatic carbocycles. The van der Waals surface area contributed by atoms with Crippen molar-refractivity contribution in [3.05, 3.63) is 59.1 Å². The van der Waals surface area contributed by atoms with Crippen molar-refractivity contribution < 1.29 is 41.8 Å². The SMILES string of the molecule is CCOC(=O)C(=O)NCCC(Nc1ccc(Nc2nc(NC3(c4ccc(Cl)cc4)CC3)nc(OCC(F)(F)F)n2)cc1)C(=O)OC. The number of rotatable bonds is 14. The van der Waals surface area contributed by atoms with E-state index in [0.717, 1.165) is 18.4 Å². The fraction of sp³-hybridized carbons (Fsp3) is 0.379. The number of anilines is 4. The summed E-state index contributed by atoms with van der Waals surface area (Å²) in [5, 5.41) is 12.1. The highest BCUT2D eigenvalue weighted by molar-refractivity contribution is 6.32. The summed E-state index contributed by atoms with van der Waals surface area (Å²) >= 11 is 6.01. The Balaban J connectivity index is 1.45. The Kier molecular flexibility index (Phi) is 11.1. The summed E-state index contributed by atoms with van der Waals surface area (Å²) in [6.45, 7) is 0.0104. The van der Waals surface area contributed by atoms with E-state index in [1.807, 2.05) is 12.1 Å². The van der Waals surface area contributed by atoms with Crippen molar-refractivity contribution >= 4 is 52.7 Å². The lowest BCUT2D eigenvalue weighted by Gasteiger charge is -2.19. The van der Waals surface area contributed by atoms with Gasteiger partial charge in [-0.3, -0.25) is 4.79 Å². The van der Waals surface area contributed by atoms with Gasteiger partial charge in [-0.1, -0.05) is 23.7 Å². The van der Waals surface area contributed by atoms with Gasteiger partial charge in [0.15, 0.2) is 6.61 Å². The Bertz CT molecular complexity index is 1520. The largest absolute Gasteiger partial charge is 0.467 e. The smallest absolute Gasteiger partial charge is 0.422 e. The second-order valence-corrected chi connectivity index (χ2v) is 10.5. The molecule has 17 heteroatoms. The predicted octanol–water partition coefficient (Wildman–Crippen LogP) is 4.33. The Morgan fingerprint density at radius 3 is 2.24 bits per heavy atom. The third kappa shape index (κ3) is 9.82. The van der Waals surface area contributed by atoms with Crippen LogP contribution in [-0.4, -0.2) is 71.9 Å². The number of esters is 2. The monoisotopic (exact) mass is 665 g/mol. The summed E-state index contributed by atoms with van der Waals surface area (Å²) in [6.07, 6.45) is -3.04. The molecule has 1 unspecified atom stereocenters. The van der Waals surface area contributed by atoms with Gasteiger partial charge in [-0.15, -0.1) is 0 Å². The van der Waals surface area contributed by atoms with E-state index >= 15 is 0 Å². The summed E-state index contributed by atoms with van der Waals surface area (Å²) in [7, 11) is 1.21. The average Bonchev–Trinajstić information content (AvgIpc) is 3.80. The Hall–Kier alpha value is -4.86. The highest BCUT2D eigenvalue weighted by atomic mass is 35.5. The first kappa shape index (κ1) is 34.0. The molecule has 0 bridgehead atoms. The molecule has 1 amide bonds. The lowest BCUT2D eigenvalue weighted by molar-refractivity contribution is -0.154. The van der Waals surface area contributed by atoms with E-state index in [9.17, 15) is 27.6 Å². The van der Waals surface area contributed by atoms with Crippen molar-refractivity contribution in [3.8, 4) is 6.01 Å². The van der Waals surface area contributed by atoms with E-state index in [-0.39, 0.29) is 31.5 Å². The van der Waals surface area contributed by atoms with Gasteiger partial charge in [0.25, 0.3) is 0 Å². The quantitative estimate of drug-likeness (QED) is 0.142. The Morgan fingerprint density at radius 2 is 1.63 bits per heavy atom. The maximum absolute atomic E-state index is 12.9. The molecule has 0 aliphatic heterocycles. The second-order valence-electron chi connectivity index (χ2n) is 10.1. The maximum Gasteiger partial charge on any atom is 0.422 e. The van der Waals surface area contributed by atoms with E-state index in [1.165, 1.54) is 7.11 Å². The topological polar surface area (TPSA) is 166 Å². The van der Waals surface area contributed by atoms with Crippen LogP contribution in [0.4, 0.5) is 36.4 Å². The normalized spacial score (nSPS) is 14.0. The lowest BCUT2D eigenvalue weighted by Crippen LogP contribution is -2.38. The third-order valence-corrected chi connectivity index (χ3v) is 6.88. The number of halogens is 4. The molecule has 1 aromatic heterocycles. The van der Waals surface area contributed by atoms with Crippen LogP contribution in [0, 0.1) is 0 Å². The zero-order valence-electron chi connectivity index (χ0n) is 24.7. The zero-order chi connectivity index (χ0) is 33.3. The minimum absolute atomic E-state index is 0.0105. The van der Waals surface area contributed by atoms with Gasteiger partial charge in [0.2, 0.25) is 11.9 Å². The number of carbonyl (C=O) groups is 3. The summed E-state index contributed by atoms with van der Waals surface area (Å²) in [5.74, 6) is -2.62. The minimum atomic E-state index is -4.60. The van der Waals surface area contributed by atoms with Gasteiger partial charge in [-0.2, -0.15) is 28.1 Å². The van der Waals surface area contributed by atoms with Crippen molar-refractivity contribution in [2.75, 3.05) is 42.8 Å². The molecular formula is C29H31ClF3N7O6. The van der Waals surface area contributed by atoms with Gasteiger partial charge in [-0.05, 0) is 68.1 Å². The van der Waals surface area contributed by atoms with Crippen LogP contribution in [0.2, 0.25) is 5.02 Å². The molecule has 13 nitrogen and oxygen atoms in total. The number of benzene rings is 2. The number of nitrogens with one attached hydrogen (secondary N) is 4. The van der Waals surface area contributed by atoms with Crippen LogP contribution in [-0.2, 0) is 29.4 Å². The molecule has 1 atom stereocenters. The number of hydrogen-bond acceptors (Lipinski definition) is 12. The molecule has 4 rings (SSSR count). The molecule has 3 aromatic rings. The number of carbonyl (C=O) groups excluding carboxylic acids is 3. The predicted molar refractivity (Wildman–Crippen MR) is 161 cm³/mol. The van der Waals surface area contributed by atoms with Crippen LogP contribution in [0.5, 0.6) is 6.01 Å². The highest BCUT2D eigenvalue weighted by Gasteiger charge is 2.45. The zero-order valence-corrected chi connectivity index (χ0v) is 25.5. The standard InChI is InChI=1S/C29H31ClF3N7O6/c1-3-45-24(43)22(41)34-15-12-21(23(42)44-2)35-19-8-10-20(11-9-19)36-25-37-26(39-27(38-25)46-16-29(31,32)33)40-28(13-14-28)17-4-6-18(30)7-5-17/h4-11,21,35H,3,12-16H2,1-2H3,(H,34,41)(H2,36,37,38,39,40). The fourth-order valence-electron chi connectivity index (χ4n) is 4.24. The van der Waals surface area contributed by atoms with Crippen molar-refractivity contribution in [2.45, 2.75) is 43.9 Å². The van der Waals surface area contributed by atoms with Crippen molar-refractivity contribution in [3.63, 3.8) is 0 Å². The van der Waals surface area contributed by atoms with E-state index in [2.05, 4.69) is 41.0 Å². The third-order valence-electron chi connectivity index (χ3n) is 6.62. The van der Waals surface area contributed by atoms with Crippen LogP contribution >= 0.6 is 11.6 Å². The number of methoxy groups -OCH3 is 1. The molecule has 1 aliphatic rings. The van der Waals surface area contributed by atoms with Gasteiger partial charge in [0, 0.05) is 22.9 Å². The first-order valence-electron chi connectivity index (χ1n) is 14.1. The summed E-state index contributed by atoms with van der Waals surface area (Å²) < 4.78 is 52.9. The summed E-state index contributed by atoms with van der Waals surface area (Å²) in [5.41, 5.74) is 1.36. The number of hydrogen-bond donors (Lipinski definition) is 4. The van der Waals surface area contributed by atoms with Crippen LogP contribution in [0.1, 0.15) is 31.7 Å². The van der Waals surface area contributed by atoms with Gasteiger partial charge in [0.05, 0.1) is 19.3 Å².